The summed E-state index contributed by atoms with van der Waals surface area (Å²) in [6.45, 7) is 10.6. The average Bonchev–Trinajstić information content (AvgIpc) is 3.14. The summed E-state index contributed by atoms with van der Waals surface area (Å²) in [5.41, 5.74) is 6.28. The topological polar surface area (TPSA) is 63.7 Å². The first-order valence-corrected chi connectivity index (χ1v) is 17.2. The summed E-state index contributed by atoms with van der Waals surface area (Å²) in [5, 5.41) is 0. The molecule has 2 aliphatic heterocycles. The molecule has 2 aliphatic rings. The van der Waals surface area contributed by atoms with Crippen LogP contribution in [0, 0.1) is 0 Å². The van der Waals surface area contributed by atoms with E-state index in [0.717, 1.165) is 63.7 Å². The van der Waals surface area contributed by atoms with Crippen molar-refractivity contribution >= 4 is 11.7 Å². The fourth-order valence-corrected chi connectivity index (χ4v) is 6.52. The molecule has 0 saturated carbocycles. The van der Waals surface area contributed by atoms with Crippen LogP contribution < -0.4 is 14.4 Å². The van der Waals surface area contributed by atoms with E-state index in [1.807, 2.05) is 18.2 Å². The average molecular weight is 650 g/mol. The van der Waals surface area contributed by atoms with E-state index in [0.29, 0.717) is 26.4 Å². The quantitative estimate of drug-likeness (QED) is 0.115. The number of esters is 1. The van der Waals surface area contributed by atoms with Crippen LogP contribution in [0.4, 0.5) is 5.69 Å². The van der Waals surface area contributed by atoms with Gasteiger partial charge in [0.1, 0.15) is 31.3 Å². The molecule has 0 bridgehead atoms. The predicted molar refractivity (Wildman–Crippen MR) is 189 cm³/mol. The van der Waals surface area contributed by atoms with Gasteiger partial charge in [-0.05, 0) is 72.0 Å². The van der Waals surface area contributed by atoms with Crippen LogP contribution in [-0.4, -0.2) is 88.0 Å². The molecule has 1 fully saturated rings. The van der Waals surface area contributed by atoms with Gasteiger partial charge in [0.05, 0.1) is 19.3 Å². The van der Waals surface area contributed by atoms with Crippen molar-refractivity contribution in [3.8, 4) is 11.5 Å². The third kappa shape index (κ3) is 9.16. The van der Waals surface area contributed by atoms with Crippen LogP contribution in [0.5, 0.6) is 11.5 Å². The lowest BCUT2D eigenvalue weighted by Gasteiger charge is -2.39. The first-order chi connectivity index (χ1) is 23.7. The van der Waals surface area contributed by atoms with Gasteiger partial charge in [-0.1, -0.05) is 66.7 Å². The summed E-state index contributed by atoms with van der Waals surface area (Å²) >= 11 is 0. The molecule has 252 valence electrons. The molecule has 1 saturated heterocycles. The van der Waals surface area contributed by atoms with Gasteiger partial charge in [0.2, 0.25) is 0 Å². The van der Waals surface area contributed by atoms with Crippen LogP contribution in [0.3, 0.4) is 0 Å². The number of hydrogen-bond donors (Lipinski definition) is 0. The maximum Gasteiger partial charge on any atom is 0.332 e. The Bertz CT molecular complexity index is 1560. The summed E-state index contributed by atoms with van der Waals surface area (Å²) < 4.78 is 22.8. The molecular formula is C40H47N3O5. The van der Waals surface area contributed by atoms with Crippen molar-refractivity contribution in [1.29, 1.82) is 0 Å². The summed E-state index contributed by atoms with van der Waals surface area (Å²) in [7, 11) is 0. The van der Waals surface area contributed by atoms with Crippen molar-refractivity contribution in [2.75, 3.05) is 77.1 Å². The first-order valence-electron chi connectivity index (χ1n) is 17.2. The fourth-order valence-electron chi connectivity index (χ4n) is 6.52. The van der Waals surface area contributed by atoms with Crippen LogP contribution in [0.25, 0.3) is 0 Å². The molecule has 0 amide bonds. The van der Waals surface area contributed by atoms with E-state index in [2.05, 4.69) is 99.6 Å². The lowest BCUT2D eigenvalue weighted by Crippen LogP contribution is -2.48. The predicted octanol–water partition coefficient (Wildman–Crippen LogP) is 5.99. The number of hydrogen-bond acceptors (Lipinski definition) is 8. The zero-order valence-corrected chi connectivity index (χ0v) is 28.0. The minimum absolute atomic E-state index is 0.0250. The van der Waals surface area contributed by atoms with Gasteiger partial charge in [0, 0.05) is 51.5 Å². The summed E-state index contributed by atoms with van der Waals surface area (Å²) in [4.78, 5) is 18.7. The van der Waals surface area contributed by atoms with Gasteiger partial charge < -0.3 is 23.8 Å². The zero-order chi connectivity index (χ0) is 33.0. The van der Waals surface area contributed by atoms with Crippen LogP contribution in [0.15, 0.2) is 103 Å². The Morgan fingerprint density at radius 3 is 2.10 bits per heavy atom. The molecule has 6 rings (SSSR count). The van der Waals surface area contributed by atoms with Crippen LogP contribution in [-0.2, 0) is 27.3 Å². The summed E-state index contributed by atoms with van der Waals surface area (Å²) in [6, 6.07) is 36.3. The Balaban J connectivity index is 1.03. The zero-order valence-electron chi connectivity index (χ0n) is 28.0. The maximum absolute atomic E-state index is 11.4. The highest BCUT2D eigenvalue weighted by molar-refractivity contribution is 5.70. The Morgan fingerprint density at radius 2 is 1.40 bits per heavy atom. The van der Waals surface area contributed by atoms with Crippen LogP contribution in [0.1, 0.15) is 35.2 Å². The molecule has 0 aliphatic carbocycles. The third-order valence-electron chi connectivity index (χ3n) is 9.09. The van der Waals surface area contributed by atoms with Crippen molar-refractivity contribution in [1.82, 2.24) is 9.80 Å². The molecule has 48 heavy (non-hydrogen) atoms. The standard InChI is InChI=1S/C40H47N3O5/c1-2-46-39(44)31-45-27-25-41-21-23-42(24-22-41)26-28-47-36-15-13-33(14-16-36)40-38-18-17-37(48-30-32-9-5-3-6-10-32)29-34(38)19-20-43(40)35-11-7-4-8-12-35/h3-18,29,40H,2,19-28,30-31H2,1H3. The van der Waals surface area contributed by atoms with Gasteiger partial charge >= 0.3 is 5.97 Å². The second-order valence-corrected chi connectivity index (χ2v) is 12.3. The number of piperazine rings is 1. The van der Waals surface area contributed by atoms with Crippen molar-refractivity contribution in [3.05, 3.63) is 125 Å². The highest BCUT2D eigenvalue weighted by Crippen LogP contribution is 2.40. The summed E-state index contributed by atoms with van der Waals surface area (Å²) in [6.07, 6.45) is 0.960. The van der Waals surface area contributed by atoms with Gasteiger partial charge in [-0.25, -0.2) is 4.79 Å². The molecule has 8 heteroatoms. The highest BCUT2D eigenvalue weighted by atomic mass is 16.6. The number of carbonyl (C=O) groups is 1. The largest absolute Gasteiger partial charge is 0.492 e. The third-order valence-corrected chi connectivity index (χ3v) is 9.09. The Kier molecular flexibility index (Phi) is 12.0. The number of anilines is 1. The molecule has 0 aromatic heterocycles. The lowest BCUT2D eigenvalue weighted by molar-refractivity contribution is -0.148. The van der Waals surface area contributed by atoms with Gasteiger partial charge in [-0.3, -0.25) is 9.80 Å². The molecule has 0 radical (unpaired) electrons. The smallest absolute Gasteiger partial charge is 0.332 e. The van der Waals surface area contributed by atoms with E-state index in [-0.39, 0.29) is 18.6 Å². The Hall–Kier alpha value is -4.37. The number of ether oxygens (including phenoxy) is 4. The number of carbonyl (C=O) groups excluding carboxylic acids is 1. The van der Waals surface area contributed by atoms with Crippen LogP contribution in [0.2, 0.25) is 0 Å². The fraction of sp³-hybridized carbons (Fsp3) is 0.375. The Labute approximate surface area is 284 Å². The van der Waals surface area contributed by atoms with E-state index < -0.39 is 0 Å². The summed E-state index contributed by atoms with van der Waals surface area (Å²) in [5.74, 6) is 1.50. The van der Waals surface area contributed by atoms with Gasteiger partial charge in [0.25, 0.3) is 0 Å². The molecule has 2 heterocycles. The molecule has 0 spiro atoms. The minimum atomic E-state index is -0.301. The van der Waals surface area contributed by atoms with E-state index in [9.17, 15) is 4.79 Å². The minimum Gasteiger partial charge on any atom is -0.492 e. The van der Waals surface area contributed by atoms with Gasteiger partial charge in [0.15, 0.2) is 0 Å². The molecule has 4 aromatic rings. The molecule has 1 atom stereocenters. The maximum atomic E-state index is 11.4. The van der Waals surface area contributed by atoms with Gasteiger partial charge in [-0.2, -0.15) is 0 Å². The molecule has 4 aromatic carbocycles. The second kappa shape index (κ2) is 17.2. The molecule has 0 N–H and O–H groups in total. The monoisotopic (exact) mass is 649 g/mol. The van der Waals surface area contributed by atoms with Crippen molar-refractivity contribution in [3.63, 3.8) is 0 Å². The number of benzene rings is 4. The number of nitrogens with zero attached hydrogens (tertiary/aromatic N) is 3. The van der Waals surface area contributed by atoms with Crippen molar-refractivity contribution in [2.45, 2.75) is 26.0 Å². The second-order valence-electron chi connectivity index (χ2n) is 12.3. The van der Waals surface area contributed by atoms with Gasteiger partial charge in [-0.15, -0.1) is 0 Å². The molecular weight excluding hydrogens is 602 g/mol. The highest BCUT2D eigenvalue weighted by Gasteiger charge is 2.29. The van der Waals surface area contributed by atoms with E-state index in [4.69, 9.17) is 18.9 Å². The Morgan fingerprint density at radius 1 is 0.729 bits per heavy atom. The van der Waals surface area contributed by atoms with Crippen LogP contribution >= 0.6 is 0 Å². The molecule has 8 nitrogen and oxygen atoms in total. The van der Waals surface area contributed by atoms with E-state index in [1.54, 1.807) is 6.92 Å². The normalized spacial score (nSPS) is 16.7. The van der Waals surface area contributed by atoms with Crippen molar-refractivity contribution < 1.29 is 23.7 Å². The SMILES string of the molecule is CCOC(=O)COCCN1CCN(CCOc2ccc(C3c4ccc(OCc5ccccc5)cc4CCN3c3ccccc3)cc2)CC1. The van der Waals surface area contributed by atoms with E-state index >= 15 is 0 Å². The number of para-hydroxylation sites is 1. The lowest BCUT2D eigenvalue weighted by atomic mass is 9.87. The number of fused-ring (bicyclic) bond motifs is 1. The number of rotatable bonds is 15. The molecule has 1 unspecified atom stereocenters. The van der Waals surface area contributed by atoms with E-state index in [1.165, 1.54) is 27.9 Å². The van der Waals surface area contributed by atoms with Crippen molar-refractivity contribution in [2.24, 2.45) is 0 Å². The first kappa shape index (κ1) is 33.5.